The van der Waals surface area contributed by atoms with E-state index in [2.05, 4.69) is 52.8 Å². The van der Waals surface area contributed by atoms with Gasteiger partial charge in [0.1, 0.15) is 0 Å². The standard InChI is InChI=1S/C16H28O/c1-6-10-12-16(17-14(5)8-3)13-15(9-4)11-7-2/h10-12,14,16H,1-2,6-9,13H2,3-5H3/b12-10+,15-11+. The van der Waals surface area contributed by atoms with E-state index in [9.17, 15) is 0 Å². The molecule has 0 amide bonds. The van der Waals surface area contributed by atoms with Crippen molar-refractivity contribution in [1.29, 1.82) is 0 Å². The van der Waals surface area contributed by atoms with E-state index in [4.69, 9.17) is 4.74 Å². The number of hydrogen-bond acceptors (Lipinski definition) is 1. The molecule has 0 saturated carbocycles. The highest BCUT2D eigenvalue weighted by atomic mass is 16.5. The first kappa shape index (κ1) is 16.4. The van der Waals surface area contributed by atoms with Gasteiger partial charge in [0.05, 0.1) is 12.2 Å². The molecule has 17 heavy (non-hydrogen) atoms. The second kappa shape index (κ2) is 10.6. The smallest absolute Gasteiger partial charge is 0.0796 e. The summed E-state index contributed by atoms with van der Waals surface area (Å²) in [5.41, 5.74) is 1.43. The van der Waals surface area contributed by atoms with E-state index in [1.807, 2.05) is 0 Å². The molecule has 0 aliphatic heterocycles. The maximum Gasteiger partial charge on any atom is 0.0796 e. The summed E-state index contributed by atoms with van der Waals surface area (Å²) < 4.78 is 6.00. The first-order valence-corrected chi connectivity index (χ1v) is 6.76. The van der Waals surface area contributed by atoms with Crippen LogP contribution in [0.25, 0.3) is 0 Å². The molecular weight excluding hydrogens is 208 g/mol. The summed E-state index contributed by atoms with van der Waals surface area (Å²) in [7, 11) is 0. The molecule has 0 rings (SSSR count). The zero-order chi connectivity index (χ0) is 13.1. The monoisotopic (exact) mass is 236 g/mol. The fraction of sp³-hybridized carbons (Fsp3) is 0.625. The maximum absolute atomic E-state index is 6.00. The van der Waals surface area contributed by atoms with Gasteiger partial charge in [-0.05, 0) is 52.9 Å². The number of allylic oxidation sites excluding steroid dienone is 2. The molecule has 1 heteroatoms. The number of ether oxygens (including phenoxy) is 1. The van der Waals surface area contributed by atoms with E-state index in [1.165, 1.54) is 5.57 Å². The van der Waals surface area contributed by atoms with Crippen LogP contribution in [0.15, 0.2) is 23.8 Å². The first-order valence-electron chi connectivity index (χ1n) is 6.76. The SMILES string of the molecule is [CH2]C/C=C/C(C/C(=C/C[CH2])CC)OC(C)CC. The van der Waals surface area contributed by atoms with E-state index in [-0.39, 0.29) is 6.10 Å². The molecule has 98 valence electrons. The Morgan fingerprint density at radius 1 is 1.24 bits per heavy atom. The molecule has 0 spiro atoms. The molecule has 1 nitrogen and oxygen atoms in total. The topological polar surface area (TPSA) is 9.23 Å². The van der Waals surface area contributed by atoms with Gasteiger partial charge >= 0.3 is 0 Å². The van der Waals surface area contributed by atoms with Gasteiger partial charge in [-0.15, -0.1) is 0 Å². The van der Waals surface area contributed by atoms with E-state index < -0.39 is 0 Å². The minimum absolute atomic E-state index is 0.185. The predicted molar refractivity (Wildman–Crippen MR) is 76.7 cm³/mol. The molecule has 2 atom stereocenters. The average Bonchev–Trinajstić information content (AvgIpc) is 2.34. The van der Waals surface area contributed by atoms with E-state index in [0.29, 0.717) is 6.10 Å². The van der Waals surface area contributed by atoms with Crippen molar-refractivity contribution in [2.24, 2.45) is 0 Å². The Kier molecular flexibility index (Phi) is 10.2. The lowest BCUT2D eigenvalue weighted by Gasteiger charge is -2.20. The van der Waals surface area contributed by atoms with Crippen LogP contribution in [-0.4, -0.2) is 12.2 Å². The average molecular weight is 236 g/mol. The molecule has 2 radical (unpaired) electrons. The largest absolute Gasteiger partial charge is 0.371 e. The summed E-state index contributed by atoms with van der Waals surface area (Å²) >= 11 is 0. The Bertz CT molecular complexity index is 228. The van der Waals surface area contributed by atoms with Crippen LogP contribution in [0.4, 0.5) is 0 Å². The highest BCUT2D eigenvalue weighted by Crippen LogP contribution is 2.16. The Morgan fingerprint density at radius 3 is 2.41 bits per heavy atom. The van der Waals surface area contributed by atoms with Crippen molar-refractivity contribution in [2.45, 2.75) is 65.1 Å². The fourth-order valence-corrected chi connectivity index (χ4v) is 1.64. The van der Waals surface area contributed by atoms with Gasteiger partial charge in [0.15, 0.2) is 0 Å². The molecule has 0 aromatic heterocycles. The summed E-state index contributed by atoms with van der Waals surface area (Å²) in [6, 6.07) is 0. The van der Waals surface area contributed by atoms with Gasteiger partial charge in [0, 0.05) is 0 Å². The van der Waals surface area contributed by atoms with Crippen molar-refractivity contribution in [3.05, 3.63) is 37.6 Å². The van der Waals surface area contributed by atoms with Crippen LogP contribution in [0.1, 0.15) is 52.9 Å². The minimum Gasteiger partial charge on any atom is -0.371 e. The van der Waals surface area contributed by atoms with Crippen LogP contribution < -0.4 is 0 Å². The van der Waals surface area contributed by atoms with Crippen LogP contribution in [0.3, 0.4) is 0 Å². The Morgan fingerprint density at radius 2 is 1.94 bits per heavy atom. The van der Waals surface area contributed by atoms with Gasteiger partial charge in [-0.3, -0.25) is 0 Å². The van der Waals surface area contributed by atoms with Crippen molar-refractivity contribution in [3.63, 3.8) is 0 Å². The van der Waals surface area contributed by atoms with E-state index in [1.54, 1.807) is 0 Å². The van der Waals surface area contributed by atoms with E-state index in [0.717, 1.165) is 32.1 Å². The molecule has 0 saturated heterocycles. The second-order valence-electron chi connectivity index (χ2n) is 4.32. The summed E-state index contributed by atoms with van der Waals surface area (Å²) in [6.07, 6.45) is 11.7. The molecule has 2 unspecified atom stereocenters. The molecule has 0 aliphatic rings. The Hall–Kier alpha value is -0.560. The predicted octanol–water partition coefficient (Wildman–Crippen LogP) is 4.90. The quantitative estimate of drug-likeness (QED) is 0.517. The Balaban J connectivity index is 4.45. The fourth-order valence-electron chi connectivity index (χ4n) is 1.64. The molecule has 0 fully saturated rings. The highest BCUT2D eigenvalue weighted by Gasteiger charge is 2.10. The summed E-state index contributed by atoms with van der Waals surface area (Å²) in [5, 5.41) is 0. The molecule has 0 N–H and O–H groups in total. The second-order valence-corrected chi connectivity index (χ2v) is 4.32. The van der Waals surface area contributed by atoms with Gasteiger partial charge in [-0.2, -0.15) is 0 Å². The van der Waals surface area contributed by atoms with Crippen molar-refractivity contribution in [1.82, 2.24) is 0 Å². The van der Waals surface area contributed by atoms with E-state index >= 15 is 0 Å². The summed E-state index contributed by atoms with van der Waals surface area (Å²) in [5.74, 6) is 0. The molecule has 0 aliphatic carbocycles. The first-order chi connectivity index (χ1) is 8.17. The van der Waals surface area contributed by atoms with Crippen molar-refractivity contribution in [3.8, 4) is 0 Å². The number of rotatable bonds is 9. The van der Waals surface area contributed by atoms with Crippen LogP contribution >= 0.6 is 0 Å². The molecule has 0 heterocycles. The lowest BCUT2D eigenvalue weighted by molar-refractivity contribution is 0.0225. The zero-order valence-electron chi connectivity index (χ0n) is 11.7. The summed E-state index contributed by atoms with van der Waals surface area (Å²) in [4.78, 5) is 0. The van der Waals surface area contributed by atoms with Crippen LogP contribution in [0, 0.1) is 13.8 Å². The molecule has 0 aromatic carbocycles. The normalized spacial score (nSPS) is 16.4. The lowest BCUT2D eigenvalue weighted by atomic mass is 10.0. The minimum atomic E-state index is 0.185. The van der Waals surface area contributed by atoms with Gasteiger partial charge in [0.2, 0.25) is 0 Å². The highest BCUT2D eigenvalue weighted by molar-refractivity contribution is 5.07. The third kappa shape index (κ3) is 8.20. The lowest BCUT2D eigenvalue weighted by Crippen LogP contribution is -2.18. The number of hydrogen-bond donors (Lipinski definition) is 0. The molecule has 0 bridgehead atoms. The van der Waals surface area contributed by atoms with Crippen LogP contribution in [0.5, 0.6) is 0 Å². The zero-order valence-corrected chi connectivity index (χ0v) is 11.7. The maximum atomic E-state index is 6.00. The third-order valence-corrected chi connectivity index (χ3v) is 2.85. The van der Waals surface area contributed by atoms with Gasteiger partial charge in [-0.1, -0.05) is 37.6 Å². The van der Waals surface area contributed by atoms with Crippen molar-refractivity contribution >= 4 is 0 Å². The summed E-state index contributed by atoms with van der Waals surface area (Å²) in [6.45, 7) is 14.2. The molecular formula is C16H28O. The molecule has 0 aromatic rings. The van der Waals surface area contributed by atoms with Crippen LogP contribution in [-0.2, 0) is 4.74 Å². The van der Waals surface area contributed by atoms with Crippen molar-refractivity contribution in [2.75, 3.05) is 0 Å². The third-order valence-electron chi connectivity index (χ3n) is 2.85. The van der Waals surface area contributed by atoms with Gasteiger partial charge < -0.3 is 4.74 Å². The Labute approximate surface area is 108 Å². The van der Waals surface area contributed by atoms with Gasteiger partial charge in [0.25, 0.3) is 0 Å². The van der Waals surface area contributed by atoms with Gasteiger partial charge in [-0.25, -0.2) is 0 Å². The van der Waals surface area contributed by atoms with Crippen molar-refractivity contribution < 1.29 is 4.74 Å². The van der Waals surface area contributed by atoms with Crippen LogP contribution in [0.2, 0.25) is 0 Å².